The summed E-state index contributed by atoms with van der Waals surface area (Å²) in [5.41, 5.74) is 41.9. The molecule has 738 valence electrons. The molecule has 0 spiro atoms. The van der Waals surface area contributed by atoms with E-state index in [1.54, 1.807) is 0 Å². The Hall–Kier alpha value is -16.8. The summed E-state index contributed by atoms with van der Waals surface area (Å²) in [5.74, 6) is 1.72. The average molecular weight is 1950 g/mol. The first kappa shape index (κ1) is 97.9. The summed E-state index contributed by atoms with van der Waals surface area (Å²) in [4.78, 5) is 14.7. The van der Waals surface area contributed by atoms with E-state index in [1.807, 2.05) is 0 Å². The Morgan fingerprint density at radius 2 is 0.313 bits per heavy atom. The van der Waals surface area contributed by atoms with Crippen molar-refractivity contribution in [1.29, 1.82) is 0 Å². The zero-order valence-corrected chi connectivity index (χ0v) is 90.3. The molecule has 0 bridgehead atoms. The van der Waals surface area contributed by atoms with Crippen LogP contribution in [0.4, 0.5) is 102 Å². The number of hydrogen-bond donors (Lipinski definition) is 0. The molecule has 0 N–H and O–H groups in total. The minimum atomic E-state index is 0.430. The van der Waals surface area contributed by atoms with Gasteiger partial charge < -0.3 is 29.4 Å². The quantitative estimate of drug-likeness (QED) is 0.0626. The first-order valence-electron chi connectivity index (χ1n) is 53.5. The fourth-order valence-electron chi connectivity index (χ4n) is 22.9. The molecular weight excluding hydrogens is 1810 g/mol. The zero-order valence-electron chi connectivity index (χ0n) is 90.3. The fraction of sp³-hybridized carbons (Fsp3) is 0.167. The lowest BCUT2D eigenvalue weighted by molar-refractivity contribution is 0.864. The van der Waals surface area contributed by atoms with Crippen molar-refractivity contribution in [2.45, 2.75) is 162 Å². The highest BCUT2D eigenvalue weighted by atomic mass is 15.2. The molecule has 0 saturated carbocycles. The van der Waals surface area contributed by atoms with Gasteiger partial charge in [0.15, 0.2) is 0 Å². The number of para-hydroxylation sites is 2. The van der Waals surface area contributed by atoms with Gasteiger partial charge in [-0.05, 0) is 442 Å². The molecule has 0 fully saturated rings. The number of anilines is 18. The first-order valence-corrected chi connectivity index (χ1v) is 53.5. The van der Waals surface area contributed by atoms with Crippen LogP contribution in [-0.4, -0.2) is 0 Å². The minimum absolute atomic E-state index is 0.430. The number of benzene rings is 24. The van der Waals surface area contributed by atoms with Gasteiger partial charge in [-0.3, -0.25) is 0 Å². The van der Waals surface area contributed by atoms with E-state index in [-0.39, 0.29) is 0 Å². The number of rotatable bonds is 22. The molecule has 6 heteroatoms. The molecule has 0 aromatic heterocycles. The van der Waals surface area contributed by atoms with E-state index < -0.39 is 0 Å². The third-order valence-electron chi connectivity index (χ3n) is 31.4. The van der Waals surface area contributed by atoms with Gasteiger partial charge in [0.05, 0.1) is 34.1 Å². The van der Waals surface area contributed by atoms with Crippen molar-refractivity contribution in [3.8, 4) is 0 Å². The van der Waals surface area contributed by atoms with Gasteiger partial charge in [-0.25, -0.2) is 0 Å². The largest absolute Gasteiger partial charge is 0.310 e. The standard InChI is InChI=1S/C52H52N2.C48H44N2.C44H36N2/c1-33(2)39-13-9-17-43(29-39)53(44-18-10-14-40(30-44)34(3)4)49-27-23-37-22-26-48-50(28-24-38-21-25-47(49)51(37)52(38)48)54(45-19-11-15-41(31-45)35(5)6)46-20-12-16-42(32-46)36(7)8;1-29-9-17-39(25-33(29)5)49(40-18-10-30(2)34(6)26-40)45-23-15-37-14-22-44-46(24-16-38-13-21-43(45)47(37)48(38)44)50(41-19-11-31(3)35(7)27-41)42-20-12-32(4)36(8)28-42;1-29-23-30(2)26-37(25-29)45(35-11-7-5-8-12-35)41-21-17-33-16-20-40-42(22-18-34-15-19-39(41)43(33)44(34)40)46(36-13-9-6-10-14-36)38-27-31(3)24-32(4)28-38/h9-36H,1-8H3;9-28H,1-8H3;5-28H,1-4H3. The van der Waals surface area contributed by atoms with E-state index in [1.165, 1.54) is 277 Å². The van der Waals surface area contributed by atoms with E-state index in [0.717, 1.165) is 11.4 Å². The lowest BCUT2D eigenvalue weighted by Gasteiger charge is -2.30. The highest BCUT2D eigenvalue weighted by Gasteiger charge is 2.30. The van der Waals surface area contributed by atoms with Crippen LogP contribution in [-0.2, 0) is 0 Å². The summed E-state index contributed by atoms with van der Waals surface area (Å²) in [6.45, 7) is 44.5. The molecule has 0 radical (unpaired) electrons. The van der Waals surface area contributed by atoms with Crippen LogP contribution in [0.2, 0.25) is 0 Å². The molecule has 0 heterocycles. The highest BCUT2D eigenvalue weighted by molar-refractivity contribution is 6.31. The summed E-state index contributed by atoms with van der Waals surface area (Å²) >= 11 is 0. The summed E-state index contributed by atoms with van der Waals surface area (Å²) in [6.07, 6.45) is 0. The van der Waals surface area contributed by atoms with Crippen LogP contribution >= 0.6 is 0 Å². The van der Waals surface area contributed by atoms with Crippen molar-refractivity contribution < 1.29 is 0 Å². The molecule has 24 rings (SSSR count). The van der Waals surface area contributed by atoms with Gasteiger partial charge in [0.25, 0.3) is 0 Å². The summed E-state index contributed by atoms with van der Waals surface area (Å²) in [6, 6.07) is 154. The maximum absolute atomic E-state index is 2.48. The van der Waals surface area contributed by atoms with Crippen LogP contribution < -0.4 is 29.4 Å². The highest BCUT2D eigenvalue weighted by Crippen LogP contribution is 2.55. The van der Waals surface area contributed by atoms with E-state index in [0.29, 0.717) is 23.7 Å². The van der Waals surface area contributed by atoms with E-state index in [9.17, 15) is 0 Å². The smallest absolute Gasteiger partial charge is 0.0540 e. The molecule has 0 aliphatic carbocycles. The maximum Gasteiger partial charge on any atom is 0.0540 e. The second-order valence-corrected chi connectivity index (χ2v) is 43.2. The molecule has 6 nitrogen and oxygen atoms in total. The van der Waals surface area contributed by atoms with Crippen LogP contribution in [0.5, 0.6) is 0 Å². The SMILES string of the molecule is CC(C)c1cccc(N(c2cccc(C(C)C)c2)c2ccc3ccc4c(N(c5cccc(C(C)C)c5)c5cccc(C(C)C)c5)ccc5ccc2c3c54)c1.Cc1cc(C)cc(N(c2ccccc2)c2ccc3ccc4c(N(c5ccccc5)c5cc(C)cc(C)c5)ccc5ccc2c3c54)c1.Cc1ccc(N(c2ccc(C)c(C)c2)c2ccc3ccc4c(N(c5ccc(C)c(C)c5)c5ccc(C)c(C)c5)ccc5ccc2c3c54)cc1C. The van der Waals surface area contributed by atoms with Crippen LogP contribution in [0, 0.1) is 83.1 Å². The second-order valence-electron chi connectivity index (χ2n) is 43.2. The van der Waals surface area contributed by atoms with Gasteiger partial charge >= 0.3 is 0 Å². The molecule has 0 amide bonds. The molecule has 0 aliphatic heterocycles. The zero-order chi connectivity index (χ0) is 104. The topological polar surface area (TPSA) is 19.4 Å². The molecule has 24 aromatic carbocycles. The Labute approximate surface area is 886 Å². The van der Waals surface area contributed by atoms with Gasteiger partial charge in [0.1, 0.15) is 0 Å². The summed E-state index contributed by atoms with van der Waals surface area (Å²) in [7, 11) is 0. The van der Waals surface area contributed by atoms with Crippen molar-refractivity contribution >= 4 is 199 Å². The van der Waals surface area contributed by atoms with Crippen molar-refractivity contribution in [3.63, 3.8) is 0 Å². The maximum atomic E-state index is 2.48. The Morgan fingerprint density at radius 1 is 0.133 bits per heavy atom. The third-order valence-corrected chi connectivity index (χ3v) is 31.4. The van der Waals surface area contributed by atoms with Gasteiger partial charge in [0.2, 0.25) is 0 Å². The van der Waals surface area contributed by atoms with Gasteiger partial charge in [0, 0.05) is 101 Å². The summed E-state index contributed by atoms with van der Waals surface area (Å²) < 4.78 is 0. The Morgan fingerprint density at radius 3 is 0.507 bits per heavy atom. The van der Waals surface area contributed by atoms with Crippen LogP contribution in [0.25, 0.3) is 97.0 Å². The molecule has 24 aromatic rings. The molecule has 0 atom stereocenters. The number of aryl methyl sites for hydroxylation is 12. The minimum Gasteiger partial charge on any atom is -0.310 e. The number of nitrogens with zero attached hydrogens (tertiary/aromatic N) is 6. The molecule has 0 saturated heterocycles. The Bertz CT molecular complexity index is 8440. The van der Waals surface area contributed by atoms with Gasteiger partial charge in [-0.15, -0.1) is 0 Å². The van der Waals surface area contributed by atoms with E-state index in [2.05, 4.69) is 580 Å². The third kappa shape index (κ3) is 18.4. The van der Waals surface area contributed by atoms with Crippen LogP contribution in [0.3, 0.4) is 0 Å². The summed E-state index contributed by atoms with van der Waals surface area (Å²) in [5, 5.41) is 22.8. The van der Waals surface area contributed by atoms with Crippen molar-refractivity contribution in [3.05, 3.63) is 502 Å². The first-order chi connectivity index (χ1) is 72.6. The Kier molecular flexibility index (Phi) is 26.4. The van der Waals surface area contributed by atoms with Gasteiger partial charge in [-0.2, -0.15) is 0 Å². The van der Waals surface area contributed by atoms with Crippen LogP contribution in [0.15, 0.2) is 413 Å². The van der Waals surface area contributed by atoms with E-state index in [4.69, 9.17) is 0 Å². The normalized spacial score (nSPS) is 11.7. The van der Waals surface area contributed by atoms with Gasteiger partial charge in [-0.1, -0.05) is 286 Å². The number of hydrogen-bond acceptors (Lipinski definition) is 6. The molecule has 150 heavy (non-hydrogen) atoms. The lowest BCUT2D eigenvalue weighted by Crippen LogP contribution is -2.12. The molecule has 0 unspecified atom stereocenters. The van der Waals surface area contributed by atoms with Crippen molar-refractivity contribution in [2.75, 3.05) is 29.4 Å². The lowest BCUT2D eigenvalue weighted by atomic mass is 9.91. The van der Waals surface area contributed by atoms with E-state index >= 15 is 0 Å². The van der Waals surface area contributed by atoms with Crippen molar-refractivity contribution in [1.82, 2.24) is 0 Å². The predicted octanol–water partition coefficient (Wildman–Crippen LogP) is 42.8. The second kappa shape index (κ2) is 40.4. The fourth-order valence-corrected chi connectivity index (χ4v) is 22.9. The molecule has 0 aliphatic rings. The van der Waals surface area contributed by atoms with Crippen LogP contribution in [0.1, 0.15) is 168 Å². The average Bonchev–Trinajstić information content (AvgIpc) is 0.724. The Balaban J connectivity index is 0.000000128. The van der Waals surface area contributed by atoms with Crippen molar-refractivity contribution in [2.24, 2.45) is 0 Å². The molecular formula is C144H132N6. The monoisotopic (exact) mass is 1950 g/mol. The predicted molar refractivity (Wildman–Crippen MR) is 652 cm³/mol.